The van der Waals surface area contributed by atoms with Gasteiger partial charge in [-0.25, -0.2) is 4.90 Å². The maximum atomic E-state index is 13.5. The fraction of sp³-hybridized carbons (Fsp3) is 0.333. The molecule has 7 heteroatoms. The van der Waals surface area contributed by atoms with Crippen molar-refractivity contribution in [3.8, 4) is 17.6 Å². The van der Waals surface area contributed by atoms with E-state index in [1.807, 2.05) is 13.8 Å². The molecule has 1 unspecified atom stereocenters. The van der Waals surface area contributed by atoms with E-state index in [0.29, 0.717) is 28.3 Å². The summed E-state index contributed by atoms with van der Waals surface area (Å²) < 4.78 is 10.6. The van der Waals surface area contributed by atoms with Gasteiger partial charge in [-0.15, -0.1) is 0 Å². The van der Waals surface area contributed by atoms with Crippen LogP contribution in [0.1, 0.15) is 42.6 Å². The third kappa shape index (κ3) is 3.89. The third-order valence-corrected chi connectivity index (χ3v) is 5.68. The van der Waals surface area contributed by atoms with E-state index in [1.165, 1.54) is 20.4 Å². The summed E-state index contributed by atoms with van der Waals surface area (Å²) >= 11 is 0. The van der Waals surface area contributed by atoms with Gasteiger partial charge in [-0.05, 0) is 36.6 Å². The Morgan fingerprint density at radius 2 is 1.81 bits per heavy atom. The van der Waals surface area contributed by atoms with Crippen molar-refractivity contribution in [2.75, 3.05) is 19.1 Å². The molecule has 0 saturated heterocycles. The molecule has 0 aliphatic carbocycles. The number of rotatable bonds is 6. The standard InChI is InChI=1S/C24H25N3O4/c1-15(2)24(3,14-25)26-13-19-17-8-6-7-9-18(17)22(28)27(23(19)29)16-10-11-20(30-4)21(12-16)31-5/h6-13,15,19H,1-5H3/t19?,24-/m0/s1. The van der Waals surface area contributed by atoms with Crippen molar-refractivity contribution in [1.82, 2.24) is 0 Å². The lowest BCUT2D eigenvalue weighted by atomic mass is 9.87. The summed E-state index contributed by atoms with van der Waals surface area (Å²) in [7, 11) is 3.00. The van der Waals surface area contributed by atoms with Gasteiger partial charge in [0.2, 0.25) is 5.91 Å². The van der Waals surface area contributed by atoms with Crippen LogP contribution in [0.5, 0.6) is 11.5 Å². The monoisotopic (exact) mass is 419 g/mol. The number of carbonyl (C=O) groups excluding carboxylic acids is 2. The second-order valence-electron chi connectivity index (χ2n) is 7.78. The summed E-state index contributed by atoms with van der Waals surface area (Å²) in [5, 5.41) is 9.59. The predicted molar refractivity (Wildman–Crippen MR) is 118 cm³/mol. The molecule has 0 aromatic heterocycles. The van der Waals surface area contributed by atoms with Gasteiger partial charge in [0.15, 0.2) is 11.5 Å². The van der Waals surface area contributed by atoms with Crippen LogP contribution in [-0.4, -0.2) is 37.8 Å². The molecule has 160 valence electrons. The summed E-state index contributed by atoms with van der Waals surface area (Å²) in [6.07, 6.45) is 1.49. The molecule has 1 aliphatic rings. The van der Waals surface area contributed by atoms with Crippen molar-refractivity contribution in [2.24, 2.45) is 10.9 Å². The molecule has 1 aliphatic heterocycles. The fourth-order valence-corrected chi connectivity index (χ4v) is 3.34. The second-order valence-corrected chi connectivity index (χ2v) is 7.78. The van der Waals surface area contributed by atoms with Gasteiger partial charge in [-0.2, -0.15) is 5.26 Å². The number of nitrogens with zero attached hydrogens (tertiary/aromatic N) is 3. The van der Waals surface area contributed by atoms with Crippen LogP contribution in [0.2, 0.25) is 0 Å². The van der Waals surface area contributed by atoms with Crippen molar-refractivity contribution >= 4 is 23.7 Å². The van der Waals surface area contributed by atoms with Gasteiger partial charge in [-0.1, -0.05) is 32.0 Å². The molecule has 2 aromatic rings. The highest BCUT2D eigenvalue weighted by molar-refractivity contribution is 6.29. The minimum Gasteiger partial charge on any atom is -0.493 e. The molecule has 31 heavy (non-hydrogen) atoms. The minimum atomic E-state index is -0.981. The van der Waals surface area contributed by atoms with Gasteiger partial charge in [0, 0.05) is 17.8 Å². The van der Waals surface area contributed by atoms with Gasteiger partial charge in [-0.3, -0.25) is 14.6 Å². The molecule has 0 bridgehead atoms. The van der Waals surface area contributed by atoms with Gasteiger partial charge in [0.25, 0.3) is 5.91 Å². The molecular weight excluding hydrogens is 394 g/mol. The molecule has 0 saturated carbocycles. The Labute approximate surface area is 181 Å². The number of anilines is 1. The first-order valence-electron chi connectivity index (χ1n) is 9.93. The number of benzene rings is 2. The lowest BCUT2D eigenvalue weighted by Crippen LogP contribution is -2.45. The Hall–Kier alpha value is -3.66. The van der Waals surface area contributed by atoms with E-state index in [-0.39, 0.29) is 5.92 Å². The van der Waals surface area contributed by atoms with E-state index in [0.717, 1.165) is 4.90 Å². The van der Waals surface area contributed by atoms with Crippen LogP contribution in [0, 0.1) is 17.2 Å². The molecule has 2 aromatic carbocycles. The number of ether oxygens (including phenoxy) is 2. The number of aliphatic imine (C=N–C) groups is 1. The first-order valence-corrected chi connectivity index (χ1v) is 9.93. The second kappa shape index (κ2) is 8.60. The third-order valence-electron chi connectivity index (χ3n) is 5.68. The van der Waals surface area contributed by atoms with Crippen LogP contribution in [0.3, 0.4) is 0 Å². The summed E-state index contributed by atoms with van der Waals surface area (Å²) in [5.41, 5.74) is 0.371. The molecule has 2 amide bonds. The molecule has 0 radical (unpaired) electrons. The topological polar surface area (TPSA) is 92.0 Å². The maximum absolute atomic E-state index is 13.5. The minimum absolute atomic E-state index is 0.0497. The largest absolute Gasteiger partial charge is 0.493 e. The normalized spacial score (nSPS) is 18.0. The van der Waals surface area contributed by atoms with Crippen molar-refractivity contribution in [1.29, 1.82) is 5.26 Å². The highest BCUT2D eigenvalue weighted by atomic mass is 16.5. The number of hydrogen-bond donors (Lipinski definition) is 0. The van der Waals surface area contributed by atoms with Crippen LogP contribution >= 0.6 is 0 Å². The Kier molecular flexibility index (Phi) is 6.11. The van der Waals surface area contributed by atoms with Crippen LogP contribution in [0.25, 0.3) is 0 Å². The van der Waals surface area contributed by atoms with Crippen LogP contribution in [-0.2, 0) is 4.79 Å². The average molecular weight is 419 g/mol. The first-order chi connectivity index (χ1) is 14.8. The van der Waals surface area contributed by atoms with E-state index in [9.17, 15) is 14.9 Å². The highest BCUT2D eigenvalue weighted by Gasteiger charge is 2.39. The number of methoxy groups -OCH3 is 2. The molecule has 3 rings (SSSR count). The maximum Gasteiger partial charge on any atom is 0.265 e. The van der Waals surface area contributed by atoms with Crippen LogP contribution < -0.4 is 14.4 Å². The Bertz CT molecular complexity index is 1090. The zero-order chi connectivity index (χ0) is 22.8. The smallest absolute Gasteiger partial charge is 0.265 e. The zero-order valence-corrected chi connectivity index (χ0v) is 18.2. The molecule has 7 nitrogen and oxygen atoms in total. The van der Waals surface area contributed by atoms with Crippen molar-refractivity contribution in [3.63, 3.8) is 0 Å². The molecule has 1 heterocycles. The van der Waals surface area contributed by atoms with Gasteiger partial charge < -0.3 is 9.47 Å². The van der Waals surface area contributed by atoms with Crippen LogP contribution in [0.15, 0.2) is 47.5 Å². The molecular formula is C24H25N3O4. The zero-order valence-electron chi connectivity index (χ0n) is 18.2. The van der Waals surface area contributed by atoms with Gasteiger partial charge in [0.1, 0.15) is 5.54 Å². The fourth-order valence-electron chi connectivity index (χ4n) is 3.34. The van der Waals surface area contributed by atoms with Crippen molar-refractivity contribution in [2.45, 2.75) is 32.2 Å². The van der Waals surface area contributed by atoms with Gasteiger partial charge in [0.05, 0.1) is 31.9 Å². The Morgan fingerprint density at radius 3 is 2.42 bits per heavy atom. The number of nitriles is 1. The van der Waals surface area contributed by atoms with Crippen molar-refractivity contribution in [3.05, 3.63) is 53.6 Å². The number of amides is 2. The summed E-state index contributed by atoms with van der Waals surface area (Å²) in [6, 6.07) is 14.0. The SMILES string of the molecule is COc1ccc(N2C(=O)c3ccccc3C(C=N[C@@](C)(C#N)C(C)C)C2=O)cc1OC. The first kappa shape index (κ1) is 22.0. The summed E-state index contributed by atoms with van der Waals surface area (Å²) in [4.78, 5) is 32.3. The lowest BCUT2D eigenvalue weighted by Gasteiger charge is -2.32. The van der Waals surface area contributed by atoms with E-state index >= 15 is 0 Å². The highest BCUT2D eigenvalue weighted by Crippen LogP contribution is 2.36. The number of fused-ring (bicyclic) bond motifs is 1. The Morgan fingerprint density at radius 1 is 1.13 bits per heavy atom. The quantitative estimate of drug-likeness (QED) is 0.522. The van der Waals surface area contributed by atoms with Crippen LogP contribution in [0.4, 0.5) is 5.69 Å². The Balaban J connectivity index is 2.12. The molecule has 0 spiro atoms. The summed E-state index contributed by atoms with van der Waals surface area (Å²) in [5.74, 6) is -0.822. The lowest BCUT2D eigenvalue weighted by molar-refractivity contribution is -0.118. The van der Waals surface area contributed by atoms with Crippen molar-refractivity contribution < 1.29 is 19.1 Å². The van der Waals surface area contributed by atoms with E-state index in [2.05, 4.69) is 11.1 Å². The van der Waals surface area contributed by atoms with E-state index in [4.69, 9.17) is 9.47 Å². The molecule has 0 fully saturated rings. The molecule has 2 atom stereocenters. The number of imide groups is 1. The number of carbonyl (C=O) groups is 2. The number of hydrogen-bond acceptors (Lipinski definition) is 6. The van der Waals surface area contributed by atoms with Gasteiger partial charge >= 0.3 is 0 Å². The predicted octanol–water partition coefficient (Wildman–Crippen LogP) is 3.98. The van der Waals surface area contributed by atoms with E-state index < -0.39 is 23.3 Å². The average Bonchev–Trinajstić information content (AvgIpc) is 2.78. The molecule has 0 N–H and O–H groups in total. The summed E-state index contributed by atoms with van der Waals surface area (Å²) in [6.45, 7) is 5.53. The van der Waals surface area contributed by atoms with E-state index in [1.54, 1.807) is 49.4 Å².